The third-order valence-electron chi connectivity index (χ3n) is 4.62. The van der Waals surface area contributed by atoms with Gasteiger partial charge < -0.3 is 24.7 Å². The number of fused-ring (bicyclic) bond motifs is 3. The van der Waals surface area contributed by atoms with Crippen LogP contribution in [-0.2, 0) is 20.7 Å². The van der Waals surface area contributed by atoms with Gasteiger partial charge in [0.15, 0.2) is 11.5 Å². The minimum Gasteiger partial charge on any atom is -0.487 e. The number of ether oxygens (including phenoxy) is 4. The van der Waals surface area contributed by atoms with Crippen molar-refractivity contribution in [1.82, 2.24) is 0 Å². The van der Waals surface area contributed by atoms with Gasteiger partial charge in [-0.2, -0.15) is 0 Å². The molecule has 0 amide bonds. The van der Waals surface area contributed by atoms with Gasteiger partial charge >= 0.3 is 11.9 Å². The summed E-state index contributed by atoms with van der Waals surface area (Å²) < 4.78 is 22.3. The number of nitrogens with two attached hydrogens (primary N) is 1. The van der Waals surface area contributed by atoms with Crippen molar-refractivity contribution in [1.29, 1.82) is 0 Å². The van der Waals surface area contributed by atoms with E-state index >= 15 is 0 Å². The number of esters is 2. The van der Waals surface area contributed by atoms with Crippen LogP contribution in [0.2, 0.25) is 0 Å². The summed E-state index contributed by atoms with van der Waals surface area (Å²) in [4.78, 5) is 24.2. The normalized spacial score (nSPS) is 16.0. The standard InChI is InChI=1S/C21H25NO6/c1-12(23)26-19-15-9-10-21(2,3)28-17(15)13-7-5-6-8-14(13)18(19)27-20(24)16(22)11-25-4/h5-8,16H,9-11,22H2,1-4H3/t16-/m0/s1. The van der Waals surface area contributed by atoms with Gasteiger partial charge in [-0.25, -0.2) is 4.79 Å². The number of carbonyl (C=O) groups excluding carboxylic acids is 2. The number of rotatable bonds is 5. The van der Waals surface area contributed by atoms with Gasteiger partial charge in [0.2, 0.25) is 0 Å². The van der Waals surface area contributed by atoms with Crippen LogP contribution < -0.4 is 19.9 Å². The van der Waals surface area contributed by atoms with Crippen molar-refractivity contribution in [3.8, 4) is 17.2 Å². The highest BCUT2D eigenvalue weighted by Crippen LogP contribution is 2.50. The predicted octanol–water partition coefficient (Wildman–Crippen LogP) is 2.75. The number of benzene rings is 2. The first kappa shape index (κ1) is 20.1. The Balaban J connectivity index is 2.21. The Morgan fingerprint density at radius 1 is 1.18 bits per heavy atom. The molecule has 1 heterocycles. The van der Waals surface area contributed by atoms with Crippen LogP contribution in [0.25, 0.3) is 10.8 Å². The van der Waals surface area contributed by atoms with E-state index in [4.69, 9.17) is 24.7 Å². The molecule has 0 aromatic heterocycles. The van der Waals surface area contributed by atoms with Gasteiger partial charge in [0.25, 0.3) is 0 Å². The molecule has 0 spiro atoms. The van der Waals surface area contributed by atoms with Crippen molar-refractivity contribution in [2.75, 3.05) is 13.7 Å². The Kier molecular flexibility index (Phi) is 5.58. The van der Waals surface area contributed by atoms with Gasteiger partial charge in [-0.3, -0.25) is 4.79 Å². The van der Waals surface area contributed by atoms with Gasteiger partial charge in [0.1, 0.15) is 17.4 Å². The molecule has 0 bridgehead atoms. The zero-order chi connectivity index (χ0) is 20.5. The second-order valence-electron chi connectivity index (χ2n) is 7.45. The molecule has 2 aromatic carbocycles. The number of hydrogen-bond donors (Lipinski definition) is 1. The summed E-state index contributed by atoms with van der Waals surface area (Å²) in [6.07, 6.45) is 1.34. The molecule has 150 valence electrons. The minimum atomic E-state index is -0.958. The number of hydrogen-bond acceptors (Lipinski definition) is 7. The maximum absolute atomic E-state index is 12.5. The fraction of sp³-hybridized carbons (Fsp3) is 0.429. The number of methoxy groups -OCH3 is 1. The van der Waals surface area contributed by atoms with Crippen molar-refractivity contribution in [3.05, 3.63) is 29.8 Å². The average Bonchev–Trinajstić information content (AvgIpc) is 2.63. The number of carbonyl (C=O) groups is 2. The van der Waals surface area contributed by atoms with E-state index in [2.05, 4.69) is 0 Å². The van der Waals surface area contributed by atoms with Gasteiger partial charge in [-0.05, 0) is 26.7 Å². The van der Waals surface area contributed by atoms with E-state index in [-0.39, 0.29) is 23.7 Å². The lowest BCUT2D eigenvalue weighted by molar-refractivity contribution is -0.138. The van der Waals surface area contributed by atoms with Gasteiger partial charge in [0.05, 0.1) is 6.61 Å². The molecule has 28 heavy (non-hydrogen) atoms. The molecule has 0 fully saturated rings. The highest BCUT2D eigenvalue weighted by molar-refractivity contribution is 6.00. The van der Waals surface area contributed by atoms with Gasteiger partial charge in [-0.15, -0.1) is 0 Å². The molecule has 0 radical (unpaired) electrons. The monoisotopic (exact) mass is 387 g/mol. The van der Waals surface area contributed by atoms with E-state index in [9.17, 15) is 9.59 Å². The van der Waals surface area contributed by atoms with Crippen LogP contribution in [0.15, 0.2) is 24.3 Å². The Hall–Kier alpha value is -2.64. The lowest BCUT2D eigenvalue weighted by Gasteiger charge is -2.34. The van der Waals surface area contributed by atoms with Crippen LogP contribution in [-0.4, -0.2) is 37.3 Å². The van der Waals surface area contributed by atoms with Crippen molar-refractivity contribution < 1.29 is 28.5 Å². The van der Waals surface area contributed by atoms with E-state index in [1.165, 1.54) is 14.0 Å². The maximum atomic E-state index is 12.5. The van der Waals surface area contributed by atoms with Crippen LogP contribution >= 0.6 is 0 Å². The third kappa shape index (κ3) is 3.95. The first-order chi connectivity index (χ1) is 13.2. The molecule has 7 nitrogen and oxygen atoms in total. The van der Waals surface area contributed by atoms with Crippen molar-refractivity contribution in [2.24, 2.45) is 5.73 Å². The third-order valence-corrected chi connectivity index (χ3v) is 4.62. The van der Waals surface area contributed by atoms with Crippen LogP contribution in [0.5, 0.6) is 17.2 Å². The average molecular weight is 387 g/mol. The Morgan fingerprint density at radius 2 is 1.86 bits per heavy atom. The molecule has 2 aromatic rings. The lowest BCUT2D eigenvalue weighted by atomic mass is 9.91. The van der Waals surface area contributed by atoms with Crippen molar-refractivity contribution >= 4 is 22.7 Å². The predicted molar refractivity (Wildman–Crippen MR) is 104 cm³/mol. The molecular weight excluding hydrogens is 362 g/mol. The molecule has 0 saturated heterocycles. The van der Waals surface area contributed by atoms with Crippen LogP contribution in [0.4, 0.5) is 0 Å². The molecule has 1 aliphatic heterocycles. The second kappa shape index (κ2) is 7.77. The SMILES string of the molecule is COC[C@H](N)C(=O)Oc1c(OC(C)=O)c2c(c3ccccc13)OC(C)(C)CC2. The fourth-order valence-corrected chi connectivity index (χ4v) is 3.28. The molecule has 0 unspecified atom stereocenters. The van der Waals surface area contributed by atoms with E-state index in [1.54, 1.807) is 6.07 Å². The van der Waals surface area contributed by atoms with Gasteiger partial charge in [-0.1, -0.05) is 24.3 Å². The van der Waals surface area contributed by atoms with E-state index < -0.39 is 18.0 Å². The molecule has 0 saturated carbocycles. The van der Waals surface area contributed by atoms with Crippen molar-refractivity contribution in [3.63, 3.8) is 0 Å². The van der Waals surface area contributed by atoms with Crippen LogP contribution in [0.1, 0.15) is 32.8 Å². The Bertz CT molecular complexity index is 921. The zero-order valence-electron chi connectivity index (χ0n) is 16.5. The topological polar surface area (TPSA) is 97.1 Å². The fourth-order valence-electron chi connectivity index (χ4n) is 3.28. The molecule has 1 aliphatic rings. The molecule has 0 aliphatic carbocycles. The quantitative estimate of drug-likeness (QED) is 0.622. The molecule has 2 N–H and O–H groups in total. The van der Waals surface area contributed by atoms with Crippen LogP contribution in [0.3, 0.4) is 0 Å². The minimum absolute atomic E-state index is 0.0158. The summed E-state index contributed by atoms with van der Waals surface area (Å²) in [5, 5.41) is 1.39. The summed E-state index contributed by atoms with van der Waals surface area (Å²) in [7, 11) is 1.45. The van der Waals surface area contributed by atoms with E-state index in [0.29, 0.717) is 23.1 Å². The first-order valence-corrected chi connectivity index (χ1v) is 9.14. The largest absolute Gasteiger partial charge is 0.487 e. The molecule has 7 heteroatoms. The summed E-state index contributed by atoms with van der Waals surface area (Å²) in [5.74, 6) is -0.165. The van der Waals surface area contributed by atoms with Crippen LogP contribution in [0, 0.1) is 0 Å². The zero-order valence-corrected chi connectivity index (χ0v) is 16.5. The first-order valence-electron chi connectivity index (χ1n) is 9.14. The van der Waals surface area contributed by atoms with Gasteiger partial charge in [0, 0.05) is 30.4 Å². The summed E-state index contributed by atoms with van der Waals surface area (Å²) in [6, 6.07) is 6.41. The molecule has 1 atom stereocenters. The highest BCUT2D eigenvalue weighted by atomic mass is 16.6. The molecule has 3 rings (SSSR count). The Morgan fingerprint density at radius 3 is 2.50 bits per heavy atom. The lowest BCUT2D eigenvalue weighted by Crippen LogP contribution is -2.38. The highest BCUT2D eigenvalue weighted by Gasteiger charge is 2.34. The summed E-state index contributed by atoms with van der Waals surface area (Å²) in [6.45, 7) is 5.33. The second-order valence-corrected chi connectivity index (χ2v) is 7.45. The maximum Gasteiger partial charge on any atom is 0.330 e. The molecular formula is C21H25NO6. The Labute approximate surface area is 163 Å². The van der Waals surface area contributed by atoms with E-state index in [1.807, 2.05) is 32.0 Å². The smallest absolute Gasteiger partial charge is 0.330 e. The van der Waals surface area contributed by atoms with E-state index in [0.717, 1.165) is 11.8 Å². The van der Waals surface area contributed by atoms with Crippen molar-refractivity contribution in [2.45, 2.75) is 45.3 Å². The summed E-state index contributed by atoms with van der Waals surface area (Å²) >= 11 is 0. The summed E-state index contributed by atoms with van der Waals surface area (Å²) in [5.41, 5.74) is 6.16.